The fourth-order valence-corrected chi connectivity index (χ4v) is 2.36. The molecule has 1 aromatic heterocycles. The Labute approximate surface area is 114 Å². The quantitative estimate of drug-likeness (QED) is 0.808. The molecular weight excluding hydrogens is 238 g/mol. The largest absolute Gasteiger partial charge is 0.496 e. The lowest BCUT2D eigenvalue weighted by Crippen LogP contribution is -2.12. The molecule has 0 amide bonds. The second-order valence-electron chi connectivity index (χ2n) is 5.86. The third-order valence-electron chi connectivity index (χ3n) is 3.33. The summed E-state index contributed by atoms with van der Waals surface area (Å²) in [6.45, 7) is 10.4. The molecule has 2 rings (SSSR count). The predicted molar refractivity (Wildman–Crippen MR) is 76.7 cm³/mol. The molecule has 0 aliphatic heterocycles. The molecule has 3 nitrogen and oxygen atoms in total. The van der Waals surface area contributed by atoms with Crippen molar-refractivity contribution in [3.8, 4) is 16.9 Å². The third-order valence-corrected chi connectivity index (χ3v) is 3.33. The number of rotatable bonds is 2. The van der Waals surface area contributed by atoms with Crippen LogP contribution in [0.4, 0.5) is 0 Å². The van der Waals surface area contributed by atoms with Crippen LogP contribution >= 0.6 is 0 Å². The van der Waals surface area contributed by atoms with Crippen molar-refractivity contribution in [2.45, 2.75) is 40.0 Å². The molecule has 0 aliphatic rings. The first kappa shape index (κ1) is 13.7. The van der Waals surface area contributed by atoms with E-state index in [1.165, 1.54) is 5.56 Å². The van der Waals surface area contributed by atoms with Gasteiger partial charge in [0.2, 0.25) is 0 Å². The number of aryl methyl sites for hydroxylation is 2. The lowest BCUT2D eigenvalue weighted by Gasteiger charge is -2.22. The molecule has 1 aromatic carbocycles. The van der Waals surface area contributed by atoms with Crippen molar-refractivity contribution in [3.63, 3.8) is 0 Å². The summed E-state index contributed by atoms with van der Waals surface area (Å²) < 4.78 is 10.8. The van der Waals surface area contributed by atoms with Crippen LogP contribution in [0.3, 0.4) is 0 Å². The van der Waals surface area contributed by atoms with Crippen molar-refractivity contribution in [2.24, 2.45) is 0 Å². The standard InChI is InChI=1S/C16H21NO2/c1-10-15(11(2)19-17-10)12-7-8-13(16(3,4)5)14(9-12)18-6/h7-9H,1-6H3. The lowest BCUT2D eigenvalue weighted by atomic mass is 9.85. The first-order valence-electron chi connectivity index (χ1n) is 6.46. The predicted octanol–water partition coefficient (Wildman–Crippen LogP) is 4.26. The zero-order valence-corrected chi connectivity index (χ0v) is 12.5. The van der Waals surface area contributed by atoms with Crippen LogP contribution in [0.25, 0.3) is 11.1 Å². The van der Waals surface area contributed by atoms with Gasteiger partial charge in [-0.05, 0) is 36.5 Å². The molecule has 0 bridgehead atoms. The van der Waals surface area contributed by atoms with E-state index < -0.39 is 0 Å². The molecule has 1 heterocycles. The van der Waals surface area contributed by atoms with Crippen molar-refractivity contribution in [2.75, 3.05) is 7.11 Å². The Morgan fingerprint density at radius 3 is 2.32 bits per heavy atom. The smallest absolute Gasteiger partial charge is 0.141 e. The highest BCUT2D eigenvalue weighted by atomic mass is 16.5. The second-order valence-corrected chi connectivity index (χ2v) is 5.86. The van der Waals surface area contributed by atoms with E-state index >= 15 is 0 Å². The maximum atomic E-state index is 5.54. The third kappa shape index (κ3) is 2.50. The molecule has 0 fully saturated rings. The Morgan fingerprint density at radius 1 is 1.16 bits per heavy atom. The summed E-state index contributed by atoms with van der Waals surface area (Å²) in [6, 6.07) is 6.29. The van der Waals surface area contributed by atoms with Crippen molar-refractivity contribution in [1.29, 1.82) is 0 Å². The summed E-state index contributed by atoms with van der Waals surface area (Å²) in [4.78, 5) is 0. The highest BCUT2D eigenvalue weighted by Crippen LogP contribution is 2.36. The summed E-state index contributed by atoms with van der Waals surface area (Å²) in [5.41, 5.74) is 4.30. The van der Waals surface area contributed by atoms with Gasteiger partial charge in [-0.15, -0.1) is 0 Å². The van der Waals surface area contributed by atoms with Gasteiger partial charge in [0.05, 0.1) is 12.8 Å². The summed E-state index contributed by atoms with van der Waals surface area (Å²) in [5.74, 6) is 1.74. The van der Waals surface area contributed by atoms with Crippen molar-refractivity contribution in [3.05, 3.63) is 35.2 Å². The zero-order valence-electron chi connectivity index (χ0n) is 12.5. The number of hydrogen-bond donors (Lipinski definition) is 0. The fourth-order valence-electron chi connectivity index (χ4n) is 2.36. The first-order valence-corrected chi connectivity index (χ1v) is 6.46. The molecule has 102 valence electrons. The van der Waals surface area contributed by atoms with E-state index in [-0.39, 0.29) is 5.41 Å². The molecule has 0 unspecified atom stereocenters. The van der Waals surface area contributed by atoms with Gasteiger partial charge in [-0.3, -0.25) is 0 Å². The van der Waals surface area contributed by atoms with Crippen molar-refractivity contribution in [1.82, 2.24) is 5.16 Å². The SMILES string of the molecule is COc1cc(-c2c(C)noc2C)ccc1C(C)(C)C. The average Bonchev–Trinajstić information content (AvgIpc) is 2.67. The Bertz CT molecular complexity index is 572. The molecule has 0 atom stereocenters. The van der Waals surface area contributed by atoms with Crippen LogP contribution in [-0.2, 0) is 5.41 Å². The second kappa shape index (κ2) is 4.72. The number of aromatic nitrogens is 1. The summed E-state index contributed by atoms with van der Waals surface area (Å²) in [7, 11) is 1.71. The minimum atomic E-state index is 0.0581. The first-order chi connectivity index (χ1) is 8.84. The molecule has 2 aromatic rings. The fraction of sp³-hybridized carbons (Fsp3) is 0.438. The Morgan fingerprint density at radius 2 is 1.84 bits per heavy atom. The van der Waals surface area contributed by atoms with Gasteiger partial charge < -0.3 is 9.26 Å². The van der Waals surface area contributed by atoms with Crippen molar-refractivity contribution < 1.29 is 9.26 Å². The number of nitrogens with zero attached hydrogens (tertiary/aromatic N) is 1. The number of hydrogen-bond acceptors (Lipinski definition) is 3. The van der Waals surface area contributed by atoms with E-state index in [2.05, 4.69) is 44.1 Å². The van der Waals surface area contributed by atoms with Gasteiger partial charge in [0, 0.05) is 5.56 Å². The zero-order chi connectivity index (χ0) is 14.2. The van der Waals surface area contributed by atoms with Gasteiger partial charge in [-0.1, -0.05) is 38.1 Å². The monoisotopic (exact) mass is 259 g/mol. The Balaban J connectivity index is 2.57. The normalized spacial score (nSPS) is 11.7. The van der Waals surface area contributed by atoms with Crippen LogP contribution in [-0.4, -0.2) is 12.3 Å². The number of benzene rings is 1. The van der Waals surface area contributed by atoms with E-state index in [1.807, 2.05) is 13.8 Å². The highest BCUT2D eigenvalue weighted by Gasteiger charge is 2.20. The Kier molecular flexibility index (Phi) is 3.40. The molecule has 0 N–H and O–H groups in total. The maximum absolute atomic E-state index is 5.54. The Hall–Kier alpha value is -1.77. The van der Waals surface area contributed by atoms with Crippen LogP contribution in [0.1, 0.15) is 37.8 Å². The average molecular weight is 259 g/mol. The molecule has 3 heteroatoms. The molecule has 0 spiro atoms. The summed E-state index contributed by atoms with van der Waals surface area (Å²) in [6.07, 6.45) is 0. The van der Waals surface area contributed by atoms with Gasteiger partial charge >= 0.3 is 0 Å². The van der Waals surface area contributed by atoms with Gasteiger partial charge in [0.15, 0.2) is 0 Å². The van der Waals surface area contributed by atoms with Gasteiger partial charge in [0.1, 0.15) is 11.5 Å². The number of ether oxygens (including phenoxy) is 1. The summed E-state index contributed by atoms with van der Waals surface area (Å²) in [5, 5.41) is 4.00. The topological polar surface area (TPSA) is 35.3 Å². The van der Waals surface area contributed by atoms with Crippen LogP contribution < -0.4 is 4.74 Å². The molecule has 0 radical (unpaired) electrons. The van der Waals surface area contributed by atoms with E-state index in [9.17, 15) is 0 Å². The van der Waals surface area contributed by atoms with E-state index in [0.717, 1.165) is 28.3 Å². The van der Waals surface area contributed by atoms with Gasteiger partial charge in [0.25, 0.3) is 0 Å². The molecular formula is C16H21NO2. The maximum Gasteiger partial charge on any atom is 0.141 e. The minimum absolute atomic E-state index is 0.0581. The van der Waals surface area contributed by atoms with E-state index in [0.29, 0.717) is 0 Å². The van der Waals surface area contributed by atoms with E-state index in [4.69, 9.17) is 9.26 Å². The summed E-state index contributed by atoms with van der Waals surface area (Å²) >= 11 is 0. The number of methoxy groups -OCH3 is 1. The van der Waals surface area contributed by atoms with Gasteiger partial charge in [-0.2, -0.15) is 0 Å². The molecule has 0 saturated carbocycles. The van der Waals surface area contributed by atoms with E-state index in [1.54, 1.807) is 7.11 Å². The van der Waals surface area contributed by atoms with Gasteiger partial charge in [-0.25, -0.2) is 0 Å². The molecule has 0 aliphatic carbocycles. The lowest BCUT2D eigenvalue weighted by molar-refractivity contribution is 0.393. The molecule has 0 saturated heterocycles. The molecule has 19 heavy (non-hydrogen) atoms. The highest BCUT2D eigenvalue weighted by molar-refractivity contribution is 5.70. The van der Waals surface area contributed by atoms with Crippen LogP contribution in [0.5, 0.6) is 5.75 Å². The van der Waals surface area contributed by atoms with Crippen LogP contribution in [0.2, 0.25) is 0 Å². The van der Waals surface area contributed by atoms with Crippen molar-refractivity contribution >= 4 is 0 Å². The minimum Gasteiger partial charge on any atom is -0.496 e. The van der Waals surface area contributed by atoms with Crippen LogP contribution in [0, 0.1) is 13.8 Å². The van der Waals surface area contributed by atoms with Crippen LogP contribution in [0.15, 0.2) is 22.7 Å².